The van der Waals surface area contributed by atoms with Crippen molar-refractivity contribution in [3.63, 3.8) is 0 Å². The Morgan fingerprint density at radius 1 is 1.04 bits per heavy atom. The number of benzene rings is 3. The van der Waals surface area contributed by atoms with Crippen LogP contribution < -0.4 is 4.72 Å². The molecule has 0 fully saturated rings. The standard InChI is InChI=1S/C17H13ClN2O4S/c18-14-8-9-17(16(10-14)20(21)22)25(23,24)19-11-13-6-3-5-12-4-1-2-7-15(12)13/h1-10,19H,11H2. The van der Waals surface area contributed by atoms with Crippen molar-refractivity contribution in [1.29, 1.82) is 0 Å². The zero-order valence-corrected chi connectivity index (χ0v) is 14.4. The molecule has 0 saturated carbocycles. The second-order valence-electron chi connectivity index (χ2n) is 5.33. The third kappa shape index (κ3) is 3.63. The van der Waals surface area contributed by atoms with E-state index in [4.69, 9.17) is 11.6 Å². The van der Waals surface area contributed by atoms with Crippen molar-refractivity contribution in [3.05, 3.63) is 81.4 Å². The van der Waals surface area contributed by atoms with Crippen molar-refractivity contribution in [2.24, 2.45) is 0 Å². The molecule has 0 aromatic heterocycles. The molecule has 0 unspecified atom stereocenters. The highest BCUT2D eigenvalue weighted by Crippen LogP contribution is 2.27. The molecule has 8 heteroatoms. The zero-order chi connectivity index (χ0) is 18.0. The van der Waals surface area contributed by atoms with Gasteiger partial charge in [0.15, 0.2) is 4.90 Å². The van der Waals surface area contributed by atoms with Crippen molar-refractivity contribution in [1.82, 2.24) is 4.72 Å². The molecule has 0 aliphatic heterocycles. The number of fused-ring (bicyclic) bond motifs is 1. The Bertz CT molecular complexity index is 1060. The summed E-state index contributed by atoms with van der Waals surface area (Å²) in [6, 6.07) is 16.6. The van der Waals surface area contributed by atoms with Gasteiger partial charge in [0.05, 0.1) is 4.92 Å². The summed E-state index contributed by atoms with van der Waals surface area (Å²) in [6.45, 7) is 0.0173. The lowest BCUT2D eigenvalue weighted by Gasteiger charge is -2.10. The Kier molecular flexibility index (Phi) is 4.71. The van der Waals surface area contributed by atoms with Gasteiger partial charge < -0.3 is 0 Å². The first-order valence-corrected chi connectivity index (χ1v) is 9.15. The summed E-state index contributed by atoms with van der Waals surface area (Å²) >= 11 is 5.73. The fraction of sp³-hybridized carbons (Fsp3) is 0.0588. The summed E-state index contributed by atoms with van der Waals surface area (Å²) in [4.78, 5) is 9.94. The Morgan fingerprint density at radius 2 is 1.76 bits per heavy atom. The fourth-order valence-corrected chi connectivity index (χ4v) is 3.88. The number of nitro benzene ring substituents is 1. The third-order valence-electron chi connectivity index (χ3n) is 3.74. The average Bonchev–Trinajstić information content (AvgIpc) is 2.59. The number of hydrogen-bond acceptors (Lipinski definition) is 4. The highest BCUT2D eigenvalue weighted by Gasteiger charge is 2.25. The molecular weight excluding hydrogens is 364 g/mol. The van der Waals surface area contributed by atoms with E-state index in [2.05, 4.69) is 4.72 Å². The lowest BCUT2D eigenvalue weighted by molar-refractivity contribution is -0.387. The van der Waals surface area contributed by atoms with Crippen LogP contribution in [0.4, 0.5) is 5.69 Å². The summed E-state index contributed by atoms with van der Waals surface area (Å²) in [5.74, 6) is 0. The molecule has 0 amide bonds. The van der Waals surface area contributed by atoms with E-state index in [0.717, 1.165) is 28.5 Å². The van der Waals surface area contributed by atoms with Crippen molar-refractivity contribution in [2.45, 2.75) is 11.4 Å². The molecule has 1 N–H and O–H groups in total. The van der Waals surface area contributed by atoms with Crippen LogP contribution >= 0.6 is 11.6 Å². The Balaban J connectivity index is 1.94. The second-order valence-corrected chi connectivity index (χ2v) is 7.50. The molecule has 6 nitrogen and oxygen atoms in total. The number of nitrogens with zero attached hydrogens (tertiary/aromatic N) is 1. The lowest BCUT2D eigenvalue weighted by Crippen LogP contribution is -2.24. The van der Waals surface area contributed by atoms with Crippen LogP contribution in [0.1, 0.15) is 5.56 Å². The van der Waals surface area contributed by atoms with Crippen LogP contribution in [0.2, 0.25) is 5.02 Å². The van der Waals surface area contributed by atoms with Crippen LogP contribution in [-0.4, -0.2) is 13.3 Å². The molecule has 0 spiro atoms. The molecule has 0 radical (unpaired) electrons. The lowest BCUT2D eigenvalue weighted by atomic mass is 10.1. The van der Waals surface area contributed by atoms with E-state index in [0.29, 0.717) is 0 Å². The number of nitro groups is 1. The first kappa shape index (κ1) is 17.3. The summed E-state index contributed by atoms with van der Waals surface area (Å²) in [5.41, 5.74) is 0.219. The molecule has 0 aliphatic carbocycles. The summed E-state index contributed by atoms with van der Waals surface area (Å²) in [6.07, 6.45) is 0. The van der Waals surface area contributed by atoms with Crippen molar-refractivity contribution < 1.29 is 13.3 Å². The molecule has 0 heterocycles. The maximum Gasteiger partial charge on any atom is 0.290 e. The number of rotatable bonds is 5. The van der Waals surface area contributed by atoms with Crippen LogP contribution in [0, 0.1) is 10.1 Å². The van der Waals surface area contributed by atoms with Crippen molar-refractivity contribution in [3.8, 4) is 0 Å². The fourth-order valence-electron chi connectivity index (χ4n) is 2.56. The number of nitrogens with one attached hydrogen (secondary N) is 1. The van der Waals surface area contributed by atoms with Gasteiger partial charge in [-0.2, -0.15) is 0 Å². The third-order valence-corrected chi connectivity index (χ3v) is 5.42. The van der Waals surface area contributed by atoms with Gasteiger partial charge >= 0.3 is 0 Å². The molecular formula is C17H13ClN2O4S. The molecule has 3 rings (SSSR count). The predicted octanol–water partition coefficient (Wildman–Crippen LogP) is 3.88. The van der Waals surface area contributed by atoms with Crippen LogP contribution in [0.25, 0.3) is 10.8 Å². The van der Waals surface area contributed by atoms with Gasteiger partial charge in [0, 0.05) is 17.6 Å². The smallest absolute Gasteiger partial charge is 0.258 e. The Morgan fingerprint density at radius 3 is 2.52 bits per heavy atom. The van der Waals surface area contributed by atoms with E-state index >= 15 is 0 Å². The number of halogens is 1. The van der Waals surface area contributed by atoms with Crippen molar-refractivity contribution >= 4 is 38.1 Å². The van der Waals surface area contributed by atoms with E-state index in [1.807, 2.05) is 36.4 Å². The summed E-state index contributed by atoms with van der Waals surface area (Å²) in [5, 5.41) is 13.1. The largest absolute Gasteiger partial charge is 0.290 e. The van der Waals surface area contributed by atoms with Crippen molar-refractivity contribution in [2.75, 3.05) is 0 Å². The molecule has 0 atom stereocenters. The topological polar surface area (TPSA) is 89.3 Å². The SMILES string of the molecule is O=[N+]([O-])c1cc(Cl)ccc1S(=O)(=O)NCc1cccc2ccccc12. The molecule has 3 aromatic rings. The van der Waals surface area contributed by atoms with E-state index in [1.54, 1.807) is 6.07 Å². The van der Waals surface area contributed by atoms with Crippen LogP contribution in [0.15, 0.2) is 65.6 Å². The molecule has 128 valence electrons. The molecule has 3 aromatic carbocycles. The predicted molar refractivity (Wildman–Crippen MR) is 96.1 cm³/mol. The van der Waals surface area contributed by atoms with Gasteiger partial charge in [0.1, 0.15) is 0 Å². The van der Waals surface area contributed by atoms with Gasteiger partial charge in [-0.05, 0) is 28.5 Å². The van der Waals surface area contributed by atoms with Crippen LogP contribution in [0.3, 0.4) is 0 Å². The minimum atomic E-state index is -4.07. The van der Waals surface area contributed by atoms with Gasteiger partial charge in [0.25, 0.3) is 5.69 Å². The molecule has 0 aliphatic rings. The summed E-state index contributed by atoms with van der Waals surface area (Å²) < 4.78 is 27.5. The first-order chi connectivity index (χ1) is 11.9. The minimum absolute atomic E-state index is 0.0173. The van der Waals surface area contributed by atoms with Gasteiger partial charge in [-0.25, -0.2) is 13.1 Å². The number of hydrogen-bond donors (Lipinski definition) is 1. The van der Waals surface area contributed by atoms with E-state index in [-0.39, 0.29) is 11.6 Å². The maximum atomic E-state index is 12.5. The Labute approximate surface area is 149 Å². The number of sulfonamides is 1. The van der Waals surface area contributed by atoms with Crippen LogP contribution in [-0.2, 0) is 16.6 Å². The van der Waals surface area contributed by atoms with E-state index in [9.17, 15) is 18.5 Å². The monoisotopic (exact) mass is 376 g/mol. The molecule has 0 saturated heterocycles. The second kappa shape index (κ2) is 6.79. The zero-order valence-electron chi connectivity index (χ0n) is 12.8. The minimum Gasteiger partial charge on any atom is -0.258 e. The van der Waals surface area contributed by atoms with E-state index < -0.39 is 25.5 Å². The van der Waals surface area contributed by atoms with E-state index in [1.165, 1.54) is 6.07 Å². The van der Waals surface area contributed by atoms with Crippen LogP contribution in [0.5, 0.6) is 0 Å². The average molecular weight is 377 g/mol. The highest BCUT2D eigenvalue weighted by atomic mass is 35.5. The Hall–Kier alpha value is -2.48. The first-order valence-electron chi connectivity index (χ1n) is 7.29. The normalized spacial score (nSPS) is 11.6. The quantitative estimate of drug-likeness (QED) is 0.540. The maximum absolute atomic E-state index is 12.5. The van der Waals surface area contributed by atoms with Gasteiger partial charge in [-0.3, -0.25) is 10.1 Å². The van der Waals surface area contributed by atoms with Gasteiger partial charge in [-0.1, -0.05) is 54.1 Å². The van der Waals surface area contributed by atoms with Gasteiger partial charge in [-0.15, -0.1) is 0 Å². The van der Waals surface area contributed by atoms with Gasteiger partial charge in [0.2, 0.25) is 10.0 Å². The molecule has 25 heavy (non-hydrogen) atoms. The highest BCUT2D eigenvalue weighted by molar-refractivity contribution is 7.89. The molecule has 0 bridgehead atoms. The summed E-state index contributed by atoms with van der Waals surface area (Å²) in [7, 11) is -4.07.